The molecular weight excluding hydrogens is 412 g/mol. The zero-order valence-corrected chi connectivity index (χ0v) is 17.9. The molecule has 4 aromatic rings. The van der Waals surface area contributed by atoms with E-state index >= 15 is 0 Å². The van der Waals surface area contributed by atoms with Crippen LogP contribution in [0.25, 0.3) is 33.4 Å². The lowest BCUT2D eigenvalue weighted by molar-refractivity contribution is 0.0952. The van der Waals surface area contributed by atoms with Crippen LogP contribution in [-0.2, 0) is 0 Å². The van der Waals surface area contributed by atoms with Gasteiger partial charge in [-0.15, -0.1) is 0 Å². The van der Waals surface area contributed by atoms with Crippen molar-refractivity contribution < 1.29 is 4.79 Å². The predicted molar refractivity (Wildman–Crippen MR) is 133 cm³/mol. The normalized spacial score (nSPS) is 11.2. The number of anilines is 1. The molecule has 0 radical (unpaired) electrons. The van der Waals surface area contributed by atoms with Crippen LogP contribution in [0, 0.1) is 0 Å². The number of pyridine rings is 1. The summed E-state index contributed by atoms with van der Waals surface area (Å²) in [6.07, 6.45) is 4.98. The van der Waals surface area contributed by atoms with E-state index in [2.05, 4.69) is 38.6 Å². The van der Waals surface area contributed by atoms with Gasteiger partial charge in [-0.2, -0.15) is 0 Å². The molecule has 0 aliphatic carbocycles. The number of nitrogen functional groups attached to an aromatic ring is 1. The van der Waals surface area contributed by atoms with Crippen LogP contribution in [0.5, 0.6) is 0 Å². The lowest BCUT2D eigenvalue weighted by atomic mass is 10.0. The number of aromatic nitrogens is 3. The molecule has 33 heavy (non-hydrogen) atoms. The Balaban J connectivity index is 1.81. The van der Waals surface area contributed by atoms with Crippen LogP contribution in [0.1, 0.15) is 10.5 Å². The Bertz CT molecular complexity index is 1380. The van der Waals surface area contributed by atoms with Gasteiger partial charge in [-0.3, -0.25) is 14.8 Å². The van der Waals surface area contributed by atoms with Crippen molar-refractivity contribution in [2.45, 2.75) is 0 Å². The molecule has 0 unspecified atom stereocenters. The van der Waals surface area contributed by atoms with Gasteiger partial charge in [0.05, 0.1) is 29.1 Å². The Morgan fingerprint density at radius 2 is 1.82 bits per heavy atom. The second-order valence-corrected chi connectivity index (χ2v) is 7.17. The summed E-state index contributed by atoms with van der Waals surface area (Å²) in [6.45, 7) is 7.29. The van der Waals surface area contributed by atoms with Crippen molar-refractivity contribution in [1.82, 2.24) is 20.3 Å². The van der Waals surface area contributed by atoms with Gasteiger partial charge in [-0.05, 0) is 31.0 Å². The van der Waals surface area contributed by atoms with Crippen molar-refractivity contribution in [2.75, 3.05) is 12.3 Å². The molecule has 0 fully saturated rings. The first-order valence-electron chi connectivity index (χ1n) is 10.3. The summed E-state index contributed by atoms with van der Waals surface area (Å²) in [4.78, 5) is 30.4. The van der Waals surface area contributed by atoms with Gasteiger partial charge in [0.2, 0.25) is 0 Å². The van der Waals surface area contributed by atoms with Gasteiger partial charge < -0.3 is 11.1 Å². The van der Waals surface area contributed by atoms with Crippen LogP contribution in [0.3, 0.4) is 0 Å². The first-order valence-corrected chi connectivity index (χ1v) is 10.3. The zero-order chi connectivity index (χ0) is 23.2. The SMILES string of the molecule is C=C/C=C(/CNC(=O)c1nc(-c2ccc3ncccc3c2)c(-c2ccccc2)nc1N)N=C. The van der Waals surface area contributed by atoms with Crippen LogP contribution in [0.15, 0.2) is 96.3 Å². The highest BCUT2D eigenvalue weighted by Crippen LogP contribution is 2.32. The maximum absolute atomic E-state index is 12.9. The zero-order valence-electron chi connectivity index (χ0n) is 17.9. The Morgan fingerprint density at radius 3 is 2.58 bits per heavy atom. The molecule has 0 atom stereocenters. The molecule has 1 amide bonds. The molecule has 4 rings (SSSR count). The molecule has 3 N–H and O–H groups in total. The number of nitrogens with two attached hydrogens (primary N) is 1. The lowest BCUT2D eigenvalue weighted by Crippen LogP contribution is -2.27. The molecule has 0 aliphatic heterocycles. The first-order chi connectivity index (χ1) is 16.1. The van der Waals surface area contributed by atoms with Crippen LogP contribution in [0.2, 0.25) is 0 Å². The van der Waals surface area contributed by atoms with Crippen LogP contribution >= 0.6 is 0 Å². The van der Waals surface area contributed by atoms with Gasteiger partial charge in [-0.25, -0.2) is 9.97 Å². The van der Waals surface area contributed by atoms with E-state index in [-0.39, 0.29) is 18.1 Å². The quantitative estimate of drug-likeness (QED) is 0.330. The third-order valence-electron chi connectivity index (χ3n) is 5.00. The molecule has 0 aliphatic rings. The topological polar surface area (TPSA) is 106 Å². The summed E-state index contributed by atoms with van der Waals surface area (Å²) in [5.41, 5.74) is 10.4. The highest BCUT2D eigenvalue weighted by Gasteiger charge is 2.20. The highest BCUT2D eigenvalue weighted by atomic mass is 16.1. The largest absolute Gasteiger partial charge is 0.382 e. The van der Waals surface area contributed by atoms with Gasteiger partial charge in [0.25, 0.3) is 5.91 Å². The number of hydrogen-bond donors (Lipinski definition) is 2. The van der Waals surface area contributed by atoms with E-state index in [0.29, 0.717) is 17.1 Å². The summed E-state index contributed by atoms with van der Waals surface area (Å²) >= 11 is 0. The van der Waals surface area contributed by atoms with E-state index in [1.165, 1.54) is 0 Å². The average Bonchev–Trinajstić information content (AvgIpc) is 2.86. The number of fused-ring (bicyclic) bond motifs is 1. The van der Waals surface area contributed by atoms with E-state index in [0.717, 1.165) is 22.0 Å². The lowest BCUT2D eigenvalue weighted by Gasteiger charge is -2.13. The molecule has 7 heteroatoms. The van der Waals surface area contributed by atoms with E-state index in [4.69, 9.17) is 5.73 Å². The number of amides is 1. The van der Waals surface area contributed by atoms with Crippen molar-refractivity contribution >= 4 is 29.3 Å². The summed E-state index contributed by atoms with van der Waals surface area (Å²) < 4.78 is 0. The Labute approximate surface area is 191 Å². The third-order valence-corrected chi connectivity index (χ3v) is 5.00. The number of benzene rings is 2. The number of carbonyl (C=O) groups excluding carboxylic acids is 1. The van der Waals surface area contributed by atoms with E-state index in [1.54, 1.807) is 18.3 Å². The molecule has 0 saturated heterocycles. The van der Waals surface area contributed by atoms with Crippen LogP contribution in [0.4, 0.5) is 5.82 Å². The Morgan fingerprint density at radius 1 is 1.03 bits per heavy atom. The van der Waals surface area contributed by atoms with E-state index in [9.17, 15) is 4.79 Å². The fourth-order valence-electron chi connectivity index (χ4n) is 3.40. The number of rotatable bonds is 7. The molecule has 7 nitrogen and oxygen atoms in total. The second kappa shape index (κ2) is 9.65. The average molecular weight is 435 g/mol. The molecule has 0 spiro atoms. The molecule has 0 bridgehead atoms. The van der Waals surface area contributed by atoms with Gasteiger partial charge in [0, 0.05) is 22.7 Å². The van der Waals surface area contributed by atoms with Gasteiger partial charge in [-0.1, -0.05) is 55.1 Å². The van der Waals surface area contributed by atoms with Gasteiger partial charge >= 0.3 is 0 Å². The Kier molecular flexibility index (Phi) is 6.31. The first kappa shape index (κ1) is 21.6. The van der Waals surface area contributed by atoms with Gasteiger partial charge in [0.15, 0.2) is 11.5 Å². The fourth-order valence-corrected chi connectivity index (χ4v) is 3.40. The minimum absolute atomic E-state index is 0.0398. The predicted octanol–water partition coefficient (Wildman–Crippen LogP) is 4.44. The second-order valence-electron chi connectivity index (χ2n) is 7.17. The van der Waals surface area contributed by atoms with Crippen molar-refractivity contribution in [3.8, 4) is 22.5 Å². The molecule has 2 aromatic heterocycles. The molecule has 2 aromatic carbocycles. The number of nitrogens with zero attached hydrogens (tertiary/aromatic N) is 4. The van der Waals surface area contributed by atoms with Crippen LogP contribution in [-0.4, -0.2) is 34.1 Å². The minimum atomic E-state index is -0.457. The van der Waals surface area contributed by atoms with E-state index in [1.807, 2.05) is 60.7 Å². The summed E-state index contributed by atoms with van der Waals surface area (Å²) in [5.74, 6) is -0.416. The molecular formula is C26H22N6O. The molecule has 162 valence electrons. The third kappa shape index (κ3) is 4.67. The summed E-state index contributed by atoms with van der Waals surface area (Å²) in [5, 5.41) is 3.72. The maximum Gasteiger partial charge on any atom is 0.274 e. The highest BCUT2D eigenvalue weighted by molar-refractivity contribution is 5.98. The van der Waals surface area contributed by atoms with Crippen molar-refractivity contribution in [1.29, 1.82) is 0 Å². The summed E-state index contributed by atoms with van der Waals surface area (Å²) in [7, 11) is 0. The number of aliphatic imine (C=N–C) groups is 1. The monoisotopic (exact) mass is 434 g/mol. The smallest absolute Gasteiger partial charge is 0.274 e. The molecule has 0 saturated carbocycles. The number of allylic oxidation sites excluding steroid dienone is 2. The maximum atomic E-state index is 12.9. The van der Waals surface area contributed by atoms with Crippen molar-refractivity contribution in [3.05, 3.63) is 97.0 Å². The summed E-state index contributed by atoms with van der Waals surface area (Å²) in [6, 6.07) is 19.3. The Hall–Kier alpha value is -4.65. The van der Waals surface area contributed by atoms with Crippen molar-refractivity contribution in [2.24, 2.45) is 4.99 Å². The number of carbonyl (C=O) groups is 1. The number of nitrogens with one attached hydrogen (secondary N) is 1. The molecule has 2 heterocycles. The van der Waals surface area contributed by atoms with E-state index < -0.39 is 5.91 Å². The minimum Gasteiger partial charge on any atom is -0.382 e. The fraction of sp³-hybridized carbons (Fsp3) is 0.0385. The van der Waals surface area contributed by atoms with Crippen LogP contribution < -0.4 is 11.1 Å². The standard InChI is InChI=1S/C26H22N6O/c1-3-8-20(28-2)16-30-26(33)24-25(27)32-22(17-9-5-4-6-10-17)23(31-24)19-12-13-21-18(15-19)11-7-14-29-21/h3-15H,1-2,16H2,(H2,27,32)(H,30,33)/b20-8-. The van der Waals surface area contributed by atoms with Gasteiger partial charge in [0.1, 0.15) is 0 Å². The number of hydrogen-bond acceptors (Lipinski definition) is 6. The van der Waals surface area contributed by atoms with Crippen molar-refractivity contribution in [3.63, 3.8) is 0 Å².